The molecule has 2 atom stereocenters. The van der Waals surface area contributed by atoms with Gasteiger partial charge in [0.1, 0.15) is 10.7 Å². The highest BCUT2D eigenvalue weighted by atomic mass is 79.9. The fraction of sp³-hybridized carbons (Fsp3) is 0.667. The Hall–Kier alpha value is -0.620. The Morgan fingerprint density at radius 3 is 2.17 bits per heavy atom. The van der Waals surface area contributed by atoms with Crippen LogP contribution in [0.5, 0.6) is 0 Å². The van der Waals surface area contributed by atoms with E-state index in [1.54, 1.807) is 0 Å². The minimum absolute atomic E-state index is 0.127. The van der Waals surface area contributed by atoms with Crippen molar-refractivity contribution in [1.29, 1.82) is 0 Å². The Morgan fingerprint density at radius 1 is 1.42 bits per heavy atom. The highest BCUT2D eigenvalue weighted by molar-refractivity contribution is 9.10. The predicted octanol–water partition coefficient (Wildman–Crippen LogP) is 0.182. The summed E-state index contributed by atoms with van der Waals surface area (Å²) >= 11 is 2.75. The van der Waals surface area contributed by atoms with Gasteiger partial charge in [-0.15, -0.1) is 0 Å². The van der Waals surface area contributed by atoms with Crippen LogP contribution in [0.25, 0.3) is 0 Å². The van der Waals surface area contributed by atoms with Gasteiger partial charge in [-0.2, -0.15) is 0 Å². The molecular formula is C6H9BrO5. The van der Waals surface area contributed by atoms with E-state index in [2.05, 4.69) is 20.7 Å². The summed E-state index contributed by atoms with van der Waals surface area (Å²) in [6.45, 7) is -0.127. The third-order valence-corrected chi connectivity index (χ3v) is 2.28. The van der Waals surface area contributed by atoms with Crippen LogP contribution >= 0.6 is 15.9 Å². The Bertz CT molecular complexity index is 181. The van der Waals surface area contributed by atoms with E-state index in [9.17, 15) is 9.59 Å². The number of carboxylic acid groups (broad SMARTS) is 2. The molecule has 0 fully saturated rings. The topological polar surface area (TPSA) is 83.8 Å². The standard InChI is InChI=1S/C6H9BrO5/c1-12-2-3(5(8)9)4(7)6(10)11/h3-4H,2H2,1H3,(H,8,9)(H,10,11). The van der Waals surface area contributed by atoms with Gasteiger partial charge in [-0.1, -0.05) is 15.9 Å². The van der Waals surface area contributed by atoms with E-state index in [4.69, 9.17) is 10.2 Å². The number of hydrogen-bond acceptors (Lipinski definition) is 3. The monoisotopic (exact) mass is 240 g/mol. The second-order valence-electron chi connectivity index (χ2n) is 2.14. The van der Waals surface area contributed by atoms with Crippen LogP contribution in [0, 0.1) is 5.92 Å². The van der Waals surface area contributed by atoms with Gasteiger partial charge < -0.3 is 14.9 Å². The third kappa shape index (κ3) is 3.19. The molecule has 0 aromatic rings. The average Bonchev–Trinajstić information content (AvgIpc) is 1.98. The molecule has 0 aliphatic heterocycles. The predicted molar refractivity (Wildman–Crippen MR) is 43.4 cm³/mol. The summed E-state index contributed by atoms with van der Waals surface area (Å²) in [7, 11) is 1.32. The zero-order valence-corrected chi connectivity index (χ0v) is 7.94. The average molecular weight is 241 g/mol. The summed E-state index contributed by atoms with van der Waals surface area (Å²) in [5.41, 5.74) is 0. The van der Waals surface area contributed by atoms with Crippen LogP contribution in [0.4, 0.5) is 0 Å². The van der Waals surface area contributed by atoms with Crippen LogP contribution in [0.15, 0.2) is 0 Å². The normalized spacial score (nSPS) is 15.2. The number of carbonyl (C=O) groups is 2. The first-order chi connectivity index (χ1) is 5.50. The van der Waals surface area contributed by atoms with Gasteiger partial charge in [0.15, 0.2) is 0 Å². The van der Waals surface area contributed by atoms with Gasteiger partial charge in [0, 0.05) is 7.11 Å². The van der Waals surface area contributed by atoms with E-state index in [1.165, 1.54) is 7.11 Å². The minimum atomic E-state index is -1.21. The van der Waals surface area contributed by atoms with E-state index >= 15 is 0 Å². The zero-order valence-electron chi connectivity index (χ0n) is 6.36. The molecule has 2 N–H and O–H groups in total. The van der Waals surface area contributed by atoms with E-state index in [1.807, 2.05) is 0 Å². The van der Waals surface area contributed by atoms with Gasteiger partial charge in [0.2, 0.25) is 0 Å². The molecule has 6 heteroatoms. The third-order valence-electron chi connectivity index (χ3n) is 1.25. The second kappa shape index (κ2) is 5.10. The van der Waals surface area contributed by atoms with E-state index < -0.39 is 22.7 Å². The molecule has 70 valence electrons. The molecule has 0 saturated carbocycles. The molecule has 0 heterocycles. The van der Waals surface area contributed by atoms with Gasteiger partial charge in [-0.3, -0.25) is 9.59 Å². The van der Waals surface area contributed by atoms with Gasteiger partial charge in [0.25, 0.3) is 0 Å². The molecule has 0 aromatic heterocycles. The maximum atomic E-state index is 10.5. The number of methoxy groups -OCH3 is 1. The van der Waals surface area contributed by atoms with Crippen LogP contribution < -0.4 is 0 Å². The second-order valence-corrected chi connectivity index (χ2v) is 3.13. The molecule has 0 spiro atoms. The molecular weight excluding hydrogens is 232 g/mol. The van der Waals surface area contributed by atoms with Crippen molar-refractivity contribution in [2.24, 2.45) is 5.92 Å². The quantitative estimate of drug-likeness (QED) is 0.671. The largest absolute Gasteiger partial charge is 0.481 e. The van der Waals surface area contributed by atoms with Crippen molar-refractivity contribution >= 4 is 27.9 Å². The molecule has 5 nitrogen and oxygen atoms in total. The van der Waals surface area contributed by atoms with Crippen LogP contribution in [0.1, 0.15) is 0 Å². The molecule has 0 radical (unpaired) electrons. The lowest BCUT2D eigenvalue weighted by atomic mass is 10.1. The Kier molecular flexibility index (Phi) is 4.84. The maximum absolute atomic E-state index is 10.5. The summed E-state index contributed by atoms with van der Waals surface area (Å²) in [5.74, 6) is -3.46. The molecule has 0 rings (SSSR count). The zero-order chi connectivity index (χ0) is 9.72. The minimum Gasteiger partial charge on any atom is -0.481 e. The molecule has 0 amide bonds. The van der Waals surface area contributed by atoms with Crippen molar-refractivity contribution in [2.45, 2.75) is 4.83 Å². The fourth-order valence-corrected chi connectivity index (χ4v) is 1.01. The number of halogens is 1. The summed E-state index contributed by atoms with van der Waals surface area (Å²) < 4.78 is 4.56. The Balaban J connectivity index is 4.28. The molecule has 0 bridgehead atoms. The van der Waals surface area contributed by atoms with E-state index in [0.29, 0.717) is 0 Å². The smallest absolute Gasteiger partial charge is 0.318 e. The van der Waals surface area contributed by atoms with Crippen LogP contribution in [-0.2, 0) is 14.3 Å². The molecule has 0 aromatic carbocycles. The highest BCUT2D eigenvalue weighted by Gasteiger charge is 2.31. The highest BCUT2D eigenvalue weighted by Crippen LogP contribution is 2.14. The lowest BCUT2D eigenvalue weighted by molar-refractivity contribution is -0.149. The van der Waals surface area contributed by atoms with Crippen molar-refractivity contribution in [3.8, 4) is 0 Å². The van der Waals surface area contributed by atoms with Crippen molar-refractivity contribution in [3.05, 3.63) is 0 Å². The van der Waals surface area contributed by atoms with Gasteiger partial charge in [-0.25, -0.2) is 0 Å². The number of hydrogen-bond donors (Lipinski definition) is 2. The van der Waals surface area contributed by atoms with Crippen molar-refractivity contribution in [2.75, 3.05) is 13.7 Å². The SMILES string of the molecule is COCC(C(=O)O)C(Br)C(=O)O. The first kappa shape index (κ1) is 11.4. The first-order valence-electron chi connectivity index (χ1n) is 3.09. The molecule has 0 aliphatic carbocycles. The number of ether oxygens (including phenoxy) is 1. The van der Waals surface area contributed by atoms with Crippen LogP contribution in [0.2, 0.25) is 0 Å². The number of rotatable bonds is 5. The summed E-state index contributed by atoms with van der Waals surface area (Å²) in [6.07, 6.45) is 0. The number of aliphatic carboxylic acids is 2. The first-order valence-corrected chi connectivity index (χ1v) is 4.01. The maximum Gasteiger partial charge on any atom is 0.318 e. The van der Waals surface area contributed by atoms with Crippen molar-refractivity contribution in [1.82, 2.24) is 0 Å². The van der Waals surface area contributed by atoms with Crippen LogP contribution in [-0.4, -0.2) is 40.7 Å². The molecule has 0 aliphatic rings. The number of carboxylic acids is 2. The van der Waals surface area contributed by atoms with E-state index in [0.717, 1.165) is 0 Å². The number of alkyl halides is 1. The summed E-state index contributed by atoms with van der Waals surface area (Å²) in [5, 5.41) is 17.0. The summed E-state index contributed by atoms with van der Waals surface area (Å²) in [4.78, 5) is 19.7. The van der Waals surface area contributed by atoms with Gasteiger partial charge >= 0.3 is 11.9 Å². The lowest BCUT2D eigenvalue weighted by Crippen LogP contribution is -2.33. The van der Waals surface area contributed by atoms with Gasteiger partial charge in [0.05, 0.1) is 6.61 Å². The molecule has 0 saturated heterocycles. The fourth-order valence-electron chi connectivity index (χ4n) is 0.633. The summed E-state index contributed by atoms with van der Waals surface area (Å²) in [6, 6.07) is 0. The molecule has 2 unspecified atom stereocenters. The Labute approximate surface area is 77.5 Å². The lowest BCUT2D eigenvalue weighted by Gasteiger charge is -2.13. The van der Waals surface area contributed by atoms with E-state index in [-0.39, 0.29) is 6.61 Å². The Morgan fingerprint density at radius 2 is 1.92 bits per heavy atom. The molecule has 12 heavy (non-hydrogen) atoms. The van der Waals surface area contributed by atoms with Crippen LogP contribution in [0.3, 0.4) is 0 Å². The van der Waals surface area contributed by atoms with Gasteiger partial charge in [-0.05, 0) is 0 Å². The van der Waals surface area contributed by atoms with Crippen molar-refractivity contribution in [3.63, 3.8) is 0 Å². The van der Waals surface area contributed by atoms with Crippen molar-refractivity contribution < 1.29 is 24.5 Å².